The molecule has 0 amide bonds. The first-order valence-electron chi connectivity index (χ1n) is 3.96. The molecule has 0 saturated carbocycles. The standard InChI is InChI=1S/C3H10O9P2/c4-3(1-11-13(5,6)7)2-12-14(8,9)10/h3-4H,1-2H2,(H2,5,6,7)(H2,8,9,10)/i/hD2. The third kappa shape index (κ3) is 10.3. The lowest BCUT2D eigenvalue weighted by Gasteiger charge is -2.12. The molecule has 0 radical (unpaired) electrons. The lowest BCUT2D eigenvalue weighted by molar-refractivity contribution is 0.0394. The van der Waals surface area contributed by atoms with Crippen LogP contribution in [0.2, 0.25) is 0 Å². The van der Waals surface area contributed by atoms with Crippen molar-refractivity contribution in [3.05, 3.63) is 0 Å². The molecule has 0 aliphatic heterocycles. The molecule has 0 spiro atoms. The summed E-state index contributed by atoms with van der Waals surface area (Å²) in [6.07, 6.45) is -1.54. The molecule has 14 heavy (non-hydrogen) atoms. The van der Waals surface area contributed by atoms with Gasteiger partial charge in [0.1, 0.15) is 6.10 Å². The lowest BCUT2D eigenvalue weighted by atomic mass is 10.4. The highest BCUT2D eigenvalue weighted by atomic mass is 31.2. The van der Waals surface area contributed by atoms with Crippen molar-refractivity contribution in [3.8, 4) is 0 Å². The molecule has 86 valence electrons. The van der Waals surface area contributed by atoms with Crippen LogP contribution in [0.1, 0.15) is 0 Å². The lowest BCUT2D eigenvalue weighted by Crippen LogP contribution is -2.20. The van der Waals surface area contributed by atoms with Crippen molar-refractivity contribution >= 4 is 15.6 Å². The van der Waals surface area contributed by atoms with Crippen molar-refractivity contribution in [2.24, 2.45) is 0 Å². The normalized spacial score (nSPS) is 24.2. The van der Waals surface area contributed by atoms with Gasteiger partial charge in [-0.25, -0.2) is 9.13 Å². The monoisotopic (exact) mass is 254 g/mol. The van der Waals surface area contributed by atoms with E-state index >= 15 is 0 Å². The van der Waals surface area contributed by atoms with Crippen LogP contribution >= 0.6 is 15.6 Å². The van der Waals surface area contributed by atoms with Crippen molar-refractivity contribution in [2.45, 2.75) is 6.10 Å². The fraction of sp³-hybridized carbons (Fsp3) is 1.00. The van der Waals surface area contributed by atoms with E-state index in [9.17, 15) is 9.13 Å². The minimum absolute atomic E-state index is 0.773. The Bertz CT molecular complexity index is 268. The van der Waals surface area contributed by atoms with Gasteiger partial charge >= 0.3 is 15.6 Å². The summed E-state index contributed by atoms with van der Waals surface area (Å²) in [6, 6.07) is 0. The predicted octanol–water partition coefficient (Wildman–Crippen LogP) is -1.43. The van der Waals surface area contributed by atoms with Crippen LogP contribution in [-0.4, -0.2) is 46.9 Å². The SMILES string of the molecule is [2H]OP(=O)(O)OCC(O)COP(=O)(O)O[2H]. The molecule has 0 bridgehead atoms. The average Bonchev–Trinajstić information content (AvgIpc) is 2.24. The Labute approximate surface area is 81.7 Å². The van der Waals surface area contributed by atoms with Crippen LogP contribution in [-0.2, 0) is 18.2 Å². The summed E-state index contributed by atoms with van der Waals surface area (Å²) in [5, 5.41) is 9.02. The van der Waals surface area contributed by atoms with Crippen molar-refractivity contribution in [2.75, 3.05) is 13.2 Å². The highest BCUT2D eigenvalue weighted by molar-refractivity contribution is 7.46. The highest BCUT2D eigenvalue weighted by Gasteiger charge is 2.20. The molecule has 0 aromatic heterocycles. The number of aliphatic hydroxyl groups excluding tert-OH is 1. The molecule has 2 unspecified atom stereocenters. The van der Waals surface area contributed by atoms with E-state index < -0.39 is 35.0 Å². The smallest absolute Gasteiger partial charge is 0.388 e. The number of rotatable bonds is 8. The molecular weight excluding hydrogens is 242 g/mol. The molecule has 11 heteroatoms. The van der Waals surface area contributed by atoms with E-state index in [0.29, 0.717) is 0 Å². The zero-order valence-electron chi connectivity index (χ0n) is 8.68. The zero-order chi connectivity index (χ0) is 12.8. The fourth-order valence-electron chi connectivity index (χ4n) is 0.409. The first-order valence-corrected chi connectivity index (χ1v) is 6.14. The highest BCUT2D eigenvalue weighted by Crippen LogP contribution is 2.37. The van der Waals surface area contributed by atoms with Crippen LogP contribution in [0.3, 0.4) is 0 Å². The Morgan fingerprint density at radius 3 is 1.79 bits per heavy atom. The number of hydrogen-bond donors (Lipinski definition) is 5. The summed E-state index contributed by atoms with van der Waals surface area (Å²) in [5.41, 5.74) is 0. The summed E-state index contributed by atoms with van der Waals surface area (Å²) in [5.74, 6) is 0. The summed E-state index contributed by atoms with van der Waals surface area (Å²) in [4.78, 5) is 23.7. The number of hydrogen-bond acceptors (Lipinski definition) is 7. The van der Waals surface area contributed by atoms with E-state index in [0.717, 1.165) is 0 Å². The molecule has 0 saturated heterocycles. The van der Waals surface area contributed by atoms with Gasteiger partial charge in [-0.3, -0.25) is 9.05 Å². The summed E-state index contributed by atoms with van der Waals surface area (Å²) in [7, 11) is -9.09. The first-order chi connectivity index (χ1) is 7.22. The molecule has 0 heterocycles. The Morgan fingerprint density at radius 1 is 1.14 bits per heavy atom. The quantitative estimate of drug-likeness (QED) is 0.328. The second-order valence-corrected chi connectivity index (χ2v) is 4.57. The Hall–Kier alpha value is 0.180. The van der Waals surface area contributed by atoms with Gasteiger partial charge in [-0.05, 0) is 0 Å². The van der Waals surface area contributed by atoms with Crippen LogP contribution < -0.4 is 0 Å². The van der Waals surface area contributed by atoms with Crippen LogP contribution in [0.4, 0.5) is 0 Å². The van der Waals surface area contributed by atoms with Gasteiger partial charge in [0.2, 0.25) is 2.86 Å². The maximum absolute atomic E-state index is 10.6. The van der Waals surface area contributed by atoms with Gasteiger partial charge in [0.25, 0.3) is 0 Å². The zero-order valence-corrected chi connectivity index (χ0v) is 8.47. The van der Waals surface area contributed by atoms with Crippen LogP contribution in [0.15, 0.2) is 0 Å². The van der Waals surface area contributed by atoms with E-state index in [4.69, 9.17) is 17.8 Å². The molecular formula is C3H10O9P2. The second-order valence-electron chi connectivity index (χ2n) is 2.18. The molecule has 5 N–H and O–H groups in total. The summed E-state index contributed by atoms with van der Waals surface area (Å²) in [6.45, 7) is -1.55. The summed E-state index contributed by atoms with van der Waals surface area (Å²) >= 11 is 0. The molecule has 0 rings (SSSR count). The van der Waals surface area contributed by atoms with Gasteiger partial charge in [-0.2, -0.15) is 0 Å². The average molecular weight is 254 g/mol. The molecule has 0 aromatic rings. The number of phosphoric acid groups is 2. The minimum Gasteiger partial charge on any atom is -0.388 e. The molecule has 0 aromatic carbocycles. The molecule has 0 aliphatic rings. The van der Waals surface area contributed by atoms with Gasteiger partial charge < -0.3 is 24.7 Å². The van der Waals surface area contributed by atoms with Crippen LogP contribution in [0, 0.1) is 0 Å². The Morgan fingerprint density at radius 2 is 1.50 bits per heavy atom. The summed E-state index contributed by atoms with van der Waals surface area (Å²) < 4.78 is 41.4. The molecule has 9 nitrogen and oxygen atoms in total. The molecule has 0 aliphatic carbocycles. The first kappa shape index (κ1) is 10.7. The number of phosphoric ester groups is 2. The molecule has 0 fully saturated rings. The Kier molecular flexibility index (Phi) is 4.06. The van der Waals surface area contributed by atoms with Gasteiger partial charge in [0, 0.05) is 0 Å². The van der Waals surface area contributed by atoms with Gasteiger partial charge in [-0.15, -0.1) is 0 Å². The van der Waals surface area contributed by atoms with E-state index in [1.54, 1.807) is 0 Å². The van der Waals surface area contributed by atoms with Gasteiger partial charge in [0.15, 0.2) is 0 Å². The third-order valence-electron chi connectivity index (χ3n) is 0.860. The maximum Gasteiger partial charge on any atom is 0.469 e. The van der Waals surface area contributed by atoms with Gasteiger partial charge in [-0.1, -0.05) is 0 Å². The third-order valence-corrected chi connectivity index (χ3v) is 1.81. The largest absolute Gasteiger partial charge is 0.469 e. The molecule has 2 atom stereocenters. The predicted molar refractivity (Wildman–Crippen MR) is 42.0 cm³/mol. The van der Waals surface area contributed by atoms with Crippen molar-refractivity contribution in [3.63, 3.8) is 0 Å². The van der Waals surface area contributed by atoms with Crippen LogP contribution in [0.5, 0.6) is 0 Å². The van der Waals surface area contributed by atoms with Crippen LogP contribution in [0.25, 0.3) is 0 Å². The van der Waals surface area contributed by atoms with E-state index in [1.807, 2.05) is 0 Å². The van der Waals surface area contributed by atoms with Gasteiger partial charge in [0.05, 0.1) is 13.2 Å². The number of aliphatic hydroxyl groups is 1. The topological polar surface area (TPSA) is 154 Å². The maximum atomic E-state index is 10.6. The Balaban J connectivity index is 3.89. The van der Waals surface area contributed by atoms with E-state index in [2.05, 4.69) is 18.8 Å². The van der Waals surface area contributed by atoms with E-state index in [-0.39, 0.29) is 0 Å². The van der Waals surface area contributed by atoms with Crippen molar-refractivity contribution < 1.29 is 42.9 Å². The van der Waals surface area contributed by atoms with E-state index in [1.165, 1.54) is 0 Å². The van der Waals surface area contributed by atoms with Crippen molar-refractivity contribution in [1.82, 2.24) is 0 Å². The fourth-order valence-corrected chi connectivity index (χ4v) is 1.13. The van der Waals surface area contributed by atoms with Crippen molar-refractivity contribution in [1.29, 1.82) is 2.86 Å². The second kappa shape index (κ2) is 5.32. The minimum atomic E-state index is -4.55.